The SMILES string of the molecule is O=S(=O)(C[C@@H](NO)[C@H]1CCCO1)N1CCc2ccc(Cl)cc2C1.O=S(=O)(C[C@H](NO)[C@H]1CCCO1)N1CCc2ccc(Cl)cc2C1. The van der Waals surface area contributed by atoms with Crippen molar-refractivity contribution in [2.45, 2.75) is 75.9 Å². The Morgan fingerprint density at radius 2 is 1.13 bits per heavy atom. The molecule has 0 unspecified atom stereocenters. The maximum atomic E-state index is 12.7. The molecule has 0 radical (unpaired) electrons. The van der Waals surface area contributed by atoms with E-state index in [9.17, 15) is 27.3 Å². The van der Waals surface area contributed by atoms with Crippen molar-refractivity contribution in [3.63, 3.8) is 0 Å². The fourth-order valence-electron chi connectivity index (χ4n) is 6.43. The zero-order valence-corrected chi connectivity index (χ0v) is 28.6. The Morgan fingerprint density at radius 3 is 1.48 bits per heavy atom. The number of sulfonamides is 2. The second-order valence-electron chi connectivity index (χ2n) is 12.1. The minimum atomic E-state index is -3.50. The van der Waals surface area contributed by atoms with E-state index >= 15 is 0 Å². The van der Waals surface area contributed by atoms with Crippen molar-refractivity contribution < 1.29 is 36.7 Å². The first-order valence-corrected chi connectivity index (χ1v) is 19.5. The first-order chi connectivity index (χ1) is 22.0. The molecule has 4 heterocycles. The van der Waals surface area contributed by atoms with Crippen molar-refractivity contribution >= 4 is 43.2 Å². The summed E-state index contributed by atoms with van der Waals surface area (Å²) in [4.78, 5) is 0. The summed E-state index contributed by atoms with van der Waals surface area (Å²) in [5.74, 6) is -0.353. The third kappa shape index (κ3) is 8.98. The molecule has 0 saturated carbocycles. The molecule has 256 valence electrons. The molecule has 0 aromatic heterocycles. The van der Waals surface area contributed by atoms with Crippen molar-refractivity contribution in [1.29, 1.82) is 0 Å². The maximum absolute atomic E-state index is 12.7. The molecule has 16 heteroatoms. The van der Waals surface area contributed by atoms with Crippen LogP contribution in [0.2, 0.25) is 10.0 Å². The third-order valence-corrected chi connectivity index (χ3v) is 13.2. The molecule has 2 saturated heterocycles. The van der Waals surface area contributed by atoms with Gasteiger partial charge in [-0.25, -0.2) is 16.8 Å². The number of halogens is 2. The Balaban J connectivity index is 0.000000181. The van der Waals surface area contributed by atoms with Crippen molar-refractivity contribution in [1.82, 2.24) is 19.6 Å². The molecular weight excluding hydrogens is 679 g/mol. The van der Waals surface area contributed by atoms with E-state index in [0.29, 0.717) is 62.3 Å². The van der Waals surface area contributed by atoms with Gasteiger partial charge in [-0.2, -0.15) is 19.6 Å². The molecule has 2 aromatic rings. The van der Waals surface area contributed by atoms with Crippen LogP contribution < -0.4 is 11.0 Å². The predicted molar refractivity (Wildman–Crippen MR) is 174 cm³/mol. The minimum absolute atomic E-state index is 0.177. The number of ether oxygens (including phenoxy) is 2. The van der Waals surface area contributed by atoms with Gasteiger partial charge in [-0.1, -0.05) is 35.3 Å². The van der Waals surface area contributed by atoms with Gasteiger partial charge >= 0.3 is 0 Å². The van der Waals surface area contributed by atoms with Crippen LogP contribution in [0.5, 0.6) is 0 Å². The van der Waals surface area contributed by atoms with Crippen LogP contribution in [-0.4, -0.2) is 98.0 Å². The van der Waals surface area contributed by atoms with Gasteiger partial charge in [0.1, 0.15) is 0 Å². The summed E-state index contributed by atoms with van der Waals surface area (Å²) in [5, 5.41) is 19.8. The van der Waals surface area contributed by atoms with Crippen molar-refractivity contribution in [3.05, 3.63) is 68.7 Å². The highest BCUT2D eigenvalue weighted by Gasteiger charge is 2.36. The van der Waals surface area contributed by atoms with E-state index in [1.807, 2.05) is 36.4 Å². The highest BCUT2D eigenvalue weighted by molar-refractivity contribution is 7.89. The largest absolute Gasteiger partial charge is 0.376 e. The molecule has 6 rings (SSSR count). The van der Waals surface area contributed by atoms with Gasteiger partial charge in [0.2, 0.25) is 20.0 Å². The second-order valence-corrected chi connectivity index (χ2v) is 17.0. The van der Waals surface area contributed by atoms with E-state index in [0.717, 1.165) is 47.9 Å². The summed E-state index contributed by atoms with van der Waals surface area (Å²) in [6.07, 6.45) is 4.10. The molecule has 2 aromatic carbocycles. The molecule has 4 aliphatic heterocycles. The monoisotopic (exact) mass is 720 g/mol. The van der Waals surface area contributed by atoms with Crippen LogP contribution in [0.3, 0.4) is 0 Å². The Morgan fingerprint density at radius 1 is 0.717 bits per heavy atom. The molecule has 12 nitrogen and oxygen atoms in total. The summed E-state index contributed by atoms with van der Waals surface area (Å²) < 4.78 is 64.7. The summed E-state index contributed by atoms with van der Waals surface area (Å²) in [7, 11) is -7.00. The van der Waals surface area contributed by atoms with Crippen LogP contribution >= 0.6 is 23.2 Å². The minimum Gasteiger partial charge on any atom is -0.376 e. The van der Waals surface area contributed by atoms with E-state index in [1.54, 1.807) is 0 Å². The van der Waals surface area contributed by atoms with Crippen LogP contribution in [0.15, 0.2) is 36.4 Å². The Bertz CT molecular complexity index is 1440. The number of hydrogen-bond acceptors (Lipinski definition) is 10. The quantitative estimate of drug-likeness (QED) is 0.269. The van der Waals surface area contributed by atoms with Crippen molar-refractivity contribution in [2.24, 2.45) is 0 Å². The van der Waals surface area contributed by atoms with Gasteiger partial charge < -0.3 is 19.9 Å². The zero-order chi connectivity index (χ0) is 32.9. The lowest BCUT2D eigenvalue weighted by molar-refractivity contribution is 0.0275. The molecule has 0 bridgehead atoms. The van der Waals surface area contributed by atoms with Crippen molar-refractivity contribution in [2.75, 3.05) is 37.8 Å². The lowest BCUT2D eigenvalue weighted by atomic mass is 10.0. The highest BCUT2D eigenvalue weighted by Crippen LogP contribution is 2.27. The predicted octanol–water partition coefficient (Wildman–Crippen LogP) is 3.11. The first-order valence-electron chi connectivity index (χ1n) is 15.5. The Labute approximate surface area is 281 Å². The smallest absolute Gasteiger partial charge is 0.216 e. The van der Waals surface area contributed by atoms with Gasteiger partial charge in [-0.05, 0) is 85.0 Å². The van der Waals surface area contributed by atoms with Gasteiger partial charge in [0, 0.05) is 49.4 Å². The highest BCUT2D eigenvalue weighted by atomic mass is 35.5. The van der Waals surface area contributed by atoms with Crippen LogP contribution in [0.1, 0.15) is 47.9 Å². The lowest BCUT2D eigenvalue weighted by Gasteiger charge is -2.30. The van der Waals surface area contributed by atoms with E-state index < -0.39 is 32.1 Å². The maximum Gasteiger partial charge on any atom is 0.216 e. The number of benzene rings is 2. The second kappa shape index (κ2) is 15.9. The molecule has 4 aliphatic rings. The number of nitrogens with one attached hydrogen (secondary N) is 2. The number of hydrogen-bond donors (Lipinski definition) is 4. The van der Waals surface area contributed by atoms with E-state index in [-0.39, 0.29) is 23.7 Å². The standard InChI is InChI=1S/2C15H21ClN2O4S/c2*16-13-4-3-11-5-6-18(9-12(11)8-13)23(20,21)10-14(17-19)15-2-1-7-22-15/h2*3-4,8,14-15,17,19H,1-2,5-7,9-10H2/t14-,15+;14-,15-/m01/s1. The van der Waals surface area contributed by atoms with Gasteiger partial charge in [0.15, 0.2) is 0 Å². The molecule has 0 spiro atoms. The molecule has 46 heavy (non-hydrogen) atoms. The summed E-state index contributed by atoms with van der Waals surface area (Å²) in [6, 6.07) is 9.98. The van der Waals surface area contributed by atoms with Crippen LogP contribution in [0.25, 0.3) is 0 Å². The average Bonchev–Trinajstić information content (AvgIpc) is 3.78. The van der Waals surface area contributed by atoms with Gasteiger partial charge in [-0.15, -0.1) is 0 Å². The van der Waals surface area contributed by atoms with Crippen LogP contribution in [0.4, 0.5) is 0 Å². The average molecular weight is 722 g/mol. The zero-order valence-electron chi connectivity index (χ0n) is 25.5. The summed E-state index contributed by atoms with van der Waals surface area (Å²) in [5.41, 5.74) is 8.39. The lowest BCUT2D eigenvalue weighted by Crippen LogP contribution is -2.47. The number of fused-ring (bicyclic) bond motifs is 2. The molecule has 4 atom stereocenters. The summed E-state index contributed by atoms with van der Waals surface area (Å²) >= 11 is 12.0. The molecule has 2 fully saturated rings. The molecule has 0 aliphatic carbocycles. The number of nitrogens with zero attached hydrogens (tertiary/aromatic N) is 2. The van der Waals surface area contributed by atoms with Crippen molar-refractivity contribution in [3.8, 4) is 0 Å². The van der Waals surface area contributed by atoms with E-state index in [1.165, 1.54) is 8.61 Å². The van der Waals surface area contributed by atoms with Crippen LogP contribution in [0, 0.1) is 0 Å². The third-order valence-electron chi connectivity index (χ3n) is 9.02. The Hall–Kier alpha value is -1.40. The fraction of sp³-hybridized carbons (Fsp3) is 0.600. The Kier molecular flexibility index (Phi) is 12.4. The first kappa shape index (κ1) is 35.9. The summed E-state index contributed by atoms with van der Waals surface area (Å²) in [6.45, 7) is 2.75. The van der Waals surface area contributed by atoms with Gasteiger partial charge in [0.25, 0.3) is 0 Å². The number of hydroxylamine groups is 2. The van der Waals surface area contributed by atoms with E-state index in [2.05, 4.69) is 11.0 Å². The fourth-order valence-corrected chi connectivity index (χ4v) is 10.1. The molecule has 4 N–H and O–H groups in total. The molecule has 0 amide bonds. The number of rotatable bonds is 10. The topological polar surface area (TPSA) is 158 Å². The van der Waals surface area contributed by atoms with Gasteiger partial charge in [-0.3, -0.25) is 0 Å². The normalized spacial score (nSPS) is 23.7. The van der Waals surface area contributed by atoms with Gasteiger partial charge in [0.05, 0.1) is 35.8 Å². The molecular formula is C30H42Cl2N4O8S2. The van der Waals surface area contributed by atoms with Crippen LogP contribution in [-0.2, 0) is 55.5 Å². The van der Waals surface area contributed by atoms with E-state index in [4.69, 9.17) is 32.7 Å².